The Hall–Kier alpha value is -2.10. The summed E-state index contributed by atoms with van der Waals surface area (Å²) in [6, 6.07) is 11.8. The number of hydrogen-bond donors (Lipinski definition) is 0. The van der Waals surface area contributed by atoms with Crippen molar-refractivity contribution in [1.82, 2.24) is 0 Å². The molecule has 0 aliphatic carbocycles. The summed E-state index contributed by atoms with van der Waals surface area (Å²) < 4.78 is 41.1. The second-order valence-corrected chi connectivity index (χ2v) is 6.69. The second-order valence-electron chi connectivity index (χ2n) is 4.13. The molecule has 7 heteroatoms. The topological polar surface area (TPSA) is 67.2 Å². The van der Waals surface area contributed by atoms with Gasteiger partial charge in [0.1, 0.15) is 6.61 Å². The molecule has 0 aliphatic rings. The van der Waals surface area contributed by atoms with Crippen molar-refractivity contribution in [2.24, 2.45) is 0 Å². The largest absolute Gasteiger partial charge is 0.486 e. The van der Waals surface area contributed by atoms with Gasteiger partial charge < -0.3 is 4.74 Å². The van der Waals surface area contributed by atoms with E-state index in [2.05, 4.69) is 0 Å². The van der Waals surface area contributed by atoms with Gasteiger partial charge in [0.05, 0.1) is 16.5 Å². The van der Waals surface area contributed by atoms with Gasteiger partial charge in [0.2, 0.25) is 0 Å². The Morgan fingerprint density at radius 2 is 1.86 bits per heavy atom. The SMILES string of the molecule is N#Cc1ccc(COc2ccc(S(=O)(=O)Cl)cc2F)cc1. The number of benzene rings is 2. The molecule has 4 nitrogen and oxygen atoms in total. The van der Waals surface area contributed by atoms with Gasteiger partial charge in [-0.15, -0.1) is 0 Å². The van der Waals surface area contributed by atoms with Crippen LogP contribution in [0.1, 0.15) is 11.1 Å². The molecule has 0 heterocycles. The van der Waals surface area contributed by atoms with E-state index < -0.39 is 14.9 Å². The van der Waals surface area contributed by atoms with Crippen LogP contribution in [0.4, 0.5) is 4.39 Å². The van der Waals surface area contributed by atoms with E-state index in [1.807, 2.05) is 6.07 Å². The van der Waals surface area contributed by atoms with E-state index >= 15 is 0 Å². The van der Waals surface area contributed by atoms with Gasteiger partial charge in [-0.3, -0.25) is 0 Å². The van der Waals surface area contributed by atoms with E-state index in [1.54, 1.807) is 24.3 Å². The van der Waals surface area contributed by atoms with Gasteiger partial charge in [-0.25, -0.2) is 12.8 Å². The summed E-state index contributed by atoms with van der Waals surface area (Å²) in [6.45, 7) is 0.0929. The summed E-state index contributed by atoms with van der Waals surface area (Å²) in [4.78, 5) is -0.326. The van der Waals surface area contributed by atoms with Crippen molar-refractivity contribution in [3.05, 3.63) is 59.4 Å². The van der Waals surface area contributed by atoms with Gasteiger partial charge in [0.15, 0.2) is 11.6 Å². The number of rotatable bonds is 4. The van der Waals surface area contributed by atoms with Crippen LogP contribution >= 0.6 is 10.7 Å². The normalized spacial score (nSPS) is 10.9. The van der Waals surface area contributed by atoms with Crippen LogP contribution in [0.15, 0.2) is 47.4 Å². The second kappa shape index (κ2) is 6.12. The molecule has 0 N–H and O–H groups in total. The smallest absolute Gasteiger partial charge is 0.261 e. The van der Waals surface area contributed by atoms with Gasteiger partial charge >= 0.3 is 0 Å². The van der Waals surface area contributed by atoms with Crippen molar-refractivity contribution in [2.45, 2.75) is 11.5 Å². The first kappa shape index (κ1) is 15.3. The highest BCUT2D eigenvalue weighted by atomic mass is 35.7. The molecule has 0 spiro atoms. The fourth-order valence-electron chi connectivity index (χ4n) is 1.59. The Morgan fingerprint density at radius 3 is 2.38 bits per heavy atom. The highest BCUT2D eigenvalue weighted by Crippen LogP contribution is 2.24. The molecular formula is C14H9ClFNO3S. The Kier molecular flexibility index (Phi) is 4.46. The van der Waals surface area contributed by atoms with E-state index in [9.17, 15) is 12.8 Å². The molecule has 0 amide bonds. The number of hydrogen-bond acceptors (Lipinski definition) is 4. The monoisotopic (exact) mass is 325 g/mol. The number of nitrogens with zero attached hydrogens (tertiary/aromatic N) is 1. The fraction of sp³-hybridized carbons (Fsp3) is 0.0714. The van der Waals surface area contributed by atoms with Gasteiger partial charge in [0, 0.05) is 10.7 Å². The lowest BCUT2D eigenvalue weighted by atomic mass is 10.2. The Balaban J connectivity index is 2.11. The van der Waals surface area contributed by atoms with Crippen molar-refractivity contribution < 1.29 is 17.5 Å². The van der Waals surface area contributed by atoms with Crippen LogP contribution in [-0.2, 0) is 15.7 Å². The Labute approximate surface area is 125 Å². The van der Waals surface area contributed by atoms with Crippen molar-refractivity contribution in [2.75, 3.05) is 0 Å². The van der Waals surface area contributed by atoms with Crippen molar-refractivity contribution >= 4 is 19.7 Å². The molecule has 0 bridgehead atoms. The average molecular weight is 326 g/mol. The van der Waals surface area contributed by atoms with Crippen LogP contribution in [0.3, 0.4) is 0 Å². The molecule has 0 atom stereocenters. The van der Waals surface area contributed by atoms with Crippen LogP contribution in [0.5, 0.6) is 5.75 Å². The van der Waals surface area contributed by atoms with E-state index in [0.29, 0.717) is 5.56 Å². The first-order valence-electron chi connectivity index (χ1n) is 5.76. The van der Waals surface area contributed by atoms with Crippen LogP contribution in [0.2, 0.25) is 0 Å². The molecule has 108 valence electrons. The Bertz CT molecular complexity index is 798. The van der Waals surface area contributed by atoms with Crippen LogP contribution in [0, 0.1) is 17.1 Å². The predicted molar refractivity (Wildman–Crippen MR) is 74.9 cm³/mol. The van der Waals surface area contributed by atoms with Crippen LogP contribution in [-0.4, -0.2) is 8.42 Å². The lowest BCUT2D eigenvalue weighted by Gasteiger charge is -2.08. The zero-order valence-corrected chi connectivity index (χ0v) is 12.2. The summed E-state index contributed by atoms with van der Waals surface area (Å²) in [7, 11) is 1.15. The minimum atomic E-state index is -3.97. The minimum absolute atomic E-state index is 0.0802. The molecule has 0 saturated carbocycles. The number of halogens is 2. The van der Waals surface area contributed by atoms with Crippen LogP contribution in [0.25, 0.3) is 0 Å². The van der Waals surface area contributed by atoms with Gasteiger partial charge in [-0.1, -0.05) is 12.1 Å². The zero-order chi connectivity index (χ0) is 15.5. The molecule has 0 fully saturated rings. The molecule has 2 aromatic rings. The predicted octanol–water partition coefficient (Wildman–Crippen LogP) is 3.20. The average Bonchev–Trinajstić information content (AvgIpc) is 2.45. The number of nitriles is 1. The summed E-state index contributed by atoms with van der Waals surface area (Å²) in [5, 5.41) is 8.67. The number of ether oxygens (including phenoxy) is 1. The third-order valence-corrected chi connectivity index (χ3v) is 4.01. The van der Waals surface area contributed by atoms with E-state index in [4.69, 9.17) is 20.7 Å². The summed E-state index contributed by atoms with van der Waals surface area (Å²) in [5.41, 5.74) is 1.27. The molecule has 0 aliphatic heterocycles. The maximum absolute atomic E-state index is 13.7. The van der Waals surface area contributed by atoms with Crippen LogP contribution < -0.4 is 4.74 Å². The molecule has 21 heavy (non-hydrogen) atoms. The lowest BCUT2D eigenvalue weighted by Crippen LogP contribution is -1.99. The molecule has 2 aromatic carbocycles. The Morgan fingerprint density at radius 1 is 1.19 bits per heavy atom. The summed E-state index contributed by atoms with van der Waals surface area (Å²) in [5.74, 6) is -0.895. The van der Waals surface area contributed by atoms with Crippen molar-refractivity contribution in [3.63, 3.8) is 0 Å². The van der Waals surface area contributed by atoms with E-state index in [-0.39, 0.29) is 17.3 Å². The molecule has 0 aromatic heterocycles. The minimum Gasteiger partial charge on any atom is -0.486 e. The maximum Gasteiger partial charge on any atom is 0.261 e. The zero-order valence-electron chi connectivity index (χ0n) is 10.6. The van der Waals surface area contributed by atoms with Gasteiger partial charge in [0.25, 0.3) is 9.05 Å². The summed E-state index contributed by atoms with van der Waals surface area (Å²) in [6.07, 6.45) is 0. The van der Waals surface area contributed by atoms with Crippen molar-refractivity contribution in [1.29, 1.82) is 5.26 Å². The first-order chi connectivity index (χ1) is 9.90. The molecule has 0 saturated heterocycles. The first-order valence-corrected chi connectivity index (χ1v) is 8.07. The maximum atomic E-state index is 13.7. The van der Waals surface area contributed by atoms with Gasteiger partial charge in [-0.05, 0) is 35.9 Å². The fourth-order valence-corrected chi connectivity index (χ4v) is 2.35. The van der Waals surface area contributed by atoms with Crippen molar-refractivity contribution in [3.8, 4) is 11.8 Å². The molecule has 2 rings (SSSR count). The third-order valence-electron chi connectivity index (χ3n) is 2.66. The highest BCUT2D eigenvalue weighted by Gasteiger charge is 2.13. The molecular weight excluding hydrogens is 317 g/mol. The highest BCUT2D eigenvalue weighted by molar-refractivity contribution is 8.13. The summed E-state index contributed by atoms with van der Waals surface area (Å²) >= 11 is 0. The quantitative estimate of drug-likeness (QED) is 0.810. The van der Waals surface area contributed by atoms with E-state index in [1.165, 1.54) is 12.1 Å². The third kappa shape index (κ3) is 3.94. The molecule has 0 radical (unpaired) electrons. The molecule has 0 unspecified atom stereocenters. The van der Waals surface area contributed by atoms with Gasteiger partial charge in [-0.2, -0.15) is 5.26 Å². The van der Waals surface area contributed by atoms with E-state index in [0.717, 1.165) is 11.6 Å². The standard InChI is InChI=1S/C14H9ClFNO3S/c15-21(18,19)12-5-6-14(13(16)7-12)20-9-11-3-1-10(8-17)2-4-11/h1-7H,9H2. The lowest BCUT2D eigenvalue weighted by molar-refractivity contribution is 0.290.